The summed E-state index contributed by atoms with van der Waals surface area (Å²) in [6.07, 6.45) is 4.86. The number of benzene rings is 2. The van der Waals surface area contributed by atoms with Gasteiger partial charge in [0.1, 0.15) is 11.5 Å². The molecule has 0 saturated carbocycles. The van der Waals surface area contributed by atoms with Crippen LogP contribution in [0.5, 0.6) is 17.4 Å². The summed E-state index contributed by atoms with van der Waals surface area (Å²) in [5, 5.41) is 15.6. The third-order valence-electron chi connectivity index (χ3n) is 6.64. The zero-order valence-electron chi connectivity index (χ0n) is 21.7. The van der Waals surface area contributed by atoms with Crippen LogP contribution in [-0.4, -0.2) is 58.8 Å². The quantitative estimate of drug-likeness (QED) is 0.338. The summed E-state index contributed by atoms with van der Waals surface area (Å²) in [4.78, 5) is 2.30. The molecule has 7 nitrogen and oxygen atoms in total. The maximum absolute atomic E-state index is 10.8. The molecule has 36 heavy (non-hydrogen) atoms. The number of aryl methyl sites for hydroxylation is 1. The second-order valence-corrected chi connectivity index (χ2v) is 9.52. The first kappa shape index (κ1) is 26.2. The standard InChI is InChI=1S/C29H39N3O4/c1-4-5-12-24(33)19-31(20-27-13-9-18-35-27)21-28-22(2)30-32(23-10-7-6-8-11-23)29(28)36-26-16-14-25(34-3)15-17-26/h6-8,10-11,14-17,24,27,33H,4-5,9,12-13,18-21H2,1-3H3/t24-,27+/m1/s1. The van der Waals surface area contributed by atoms with Gasteiger partial charge >= 0.3 is 0 Å². The number of hydrogen-bond donors (Lipinski definition) is 1. The topological polar surface area (TPSA) is 69.0 Å². The second kappa shape index (κ2) is 12.9. The first-order chi connectivity index (χ1) is 17.6. The average Bonchev–Trinajstić information content (AvgIpc) is 3.52. The monoisotopic (exact) mass is 493 g/mol. The van der Waals surface area contributed by atoms with E-state index in [1.807, 2.05) is 66.2 Å². The Morgan fingerprint density at radius 3 is 2.56 bits per heavy atom. The Morgan fingerprint density at radius 1 is 1.14 bits per heavy atom. The summed E-state index contributed by atoms with van der Waals surface area (Å²) in [5.74, 6) is 2.17. The molecule has 1 N–H and O–H groups in total. The lowest BCUT2D eigenvalue weighted by Gasteiger charge is -2.27. The number of hydrogen-bond acceptors (Lipinski definition) is 6. The number of ether oxygens (including phenoxy) is 3. The molecule has 0 bridgehead atoms. The van der Waals surface area contributed by atoms with Gasteiger partial charge in [-0.2, -0.15) is 5.10 Å². The van der Waals surface area contributed by atoms with Gasteiger partial charge in [0.2, 0.25) is 5.88 Å². The number of rotatable bonds is 13. The summed E-state index contributed by atoms with van der Waals surface area (Å²) >= 11 is 0. The Bertz CT molecular complexity index is 1060. The van der Waals surface area contributed by atoms with Gasteiger partial charge in [-0.3, -0.25) is 4.90 Å². The molecule has 0 spiro atoms. The fraction of sp³-hybridized carbons (Fsp3) is 0.483. The number of aliphatic hydroxyl groups excluding tert-OH is 1. The van der Waals surface area contributed by atoms with Gasteiger partial charge < -0.3 is 19.3 Å². The number of aliphatic hydroxyl groups is 1. The summed E-state index contributed by atoms with van der Waals surface area (Å²) in [7, 11) is 1.65. The number of aromatic nitrogens is 2. The molecule has 1 aliphatic rings. The van der Waals surface area contributed by atoms with Crippen LogP contribution in [-0.2, 0) is 11.3 Å². The lowest BCUT2D eigenvalue weighted by atomic mass is 10.1. The zero-order valence-corrected chi connectivity index (χ0v) is 21.7. The highest BCUT2D eigenvalue weighted by Crippen LogP contribution is 2.33. The van der Waals surface area contributed by atoms with E-state index >= 15 is 0 Å². The van der Waals surface area contributed by atoms with E-state index in [1.165, 1.54) is 0 Å². The van der Waals surface area contributed by atoms with Crippen molar-refractivity contribution in [1.29, 1.82) is 0 Å². The Balaban J connectivity index is 1.65. The van der Waals surface area contributed by atoms with Crippen molar-refractivity contribution in [3.05, 3.63) is 65.9 Å². The second-order valence-electron chi connectivity index (χ2n) is 9.52. The predicted octanol–water partition coefficient (Wildman–Crippen LogP) is 5.51. The van der Waals surface area contributed by atoms with E-state index < -0.39 is 0 Å². The molecule has 4 rings (SSSR count). The minimum absolute atomic E-state index is 0.193. The number of unbranched alkanes of at least 4 members (excludes halogenated alkanes) is 1. The zero-order chi connectivity index (χ0) is 25.3. The summed E-state index contributed by atoms with van der Waals surface area (Å²) in [5.41, 5.74) is 2.85. The third-order valence-corrected chi connectivity index (χ3v) is 6.64. The predicted molar refractivity (Wildman–Crippen MR) is 141 cm³/mol. The van der Waals surface area contributed by atoms with Crippen LogP contribution in [0, 0.1) is 6.92 Å². The van der Waals surface area contributed by atoms with E-state index in [0.717, 1.165) is 68.0 Å². The highest BCUT2D eigenvalue weighted by molar-refractivity contribution is 5.44. The van der Waals surface area contributed by atoms with Crippen molar-refractivity contribution in [2.45, 2.75) is 64.7 Å². The maximum atomic E-state index is 10.8. The third kappa shape index (κ3) is 6.87. The number of methoxy groups -OCH3 is 1. The fourth-order valence-corrected chi connectivity index (χ4v) is 4.66. The van der Waals surface area contributed by atoms with Crippen LogP contribution in [0.2, 0.25) is 0 Å². The lowest BCUT2D eigenvalue weighted by Crippen LogP contribution is -2.37. The SMILES string of the molecule is CCCC[C@@H](O)CN(Cc1c(C)nn(-c2ccccc2)c1Oc1ccc(OC)cc1)C[C@@H]1CCCO1. The smallest absolute Gasteiger partial charge is 0.227 e. The molecule has 0 aliphatic carbocycles. The van der Waals surface area contributed by atoms with Crippen LogP contribution in [0.1, 0.15) is 50.3 Å². The normalized spacial score (nSPS) is 16.4. The van der Waals surface area contributed by atoms with Gasteiger partial charge in [0.15, 0.2) is 0 Å². The molecule has 2 heterocycles. The van der Waals surface area contributed by atoms with Gasteiger partial charge in [0.05, 0.1) is 36.3 Å². The van der Waals surface area contributed by atoms with Crippen LogP contribution >= 0.6 is 0 Å². The van der Waals surface area contributed by atoms with Crippen molar-refractivity contribution < 1.29 is 19.3 Å². The van der Waals surface area contributed by atoms with Crippen molar-refractivity contribution in [3.63, 3.8) is 0 Å². The minimum atomic E-state index is -0.373. The van der Waals surface area contributed by atoms with E-state index in [1.54, 1.807) is 7.11 Å². The Labute approximate surface area is 214 Å². The molecule has 7 heteroatoms. The molecule has 1 fully saturated rings. The Morgan fingerprint density at radius 2 is 1.89 bits per heavy atom. The van der Waals surface area contributed by atoms with Crippen LogP contribution in [0.3, 0.4) is 0 Å². The summed E-state index contributed by atoms with van der Waals surface area (Å²) < 4.78 is 19.6. The van der Waals surface area contributed by atoms with Crippen LogP contribution in [0.25, 0.3) is 5.69 Å². The van der Waals surface area contributed by atoms with Crippen molar-refractivity contribution in [1.82, 2.24) is 14.7 Å². The molecule has 0 unspecified atom stereocenters. The highest BCUT2D eigenvalue weighted by Gasteiger charge is 2.26. The van der Waals surface area contributed by atoms with E-state index in [9.17, 15) is 5.11 Å². The van der Waals surface area contributed by atoms with E-state index in [2.05, 4.69) is 11.8 Å². The minimum Gasteiger partial charge on any atom is -0.497 e. The van der Waals surface area contributed by atoms with E-state index in [4.69, 9.17) is 19.3 Å². The lowest BCUT2D eigenvalue weighted by molar-refractivity contribution is 0.0434. The fourth-order valence-electron chi connectivity index (χ4n) is 4.66. The average molecular weight is 494 g/mol. The molecule has 1 aromatic heterocycles. The Hall–Kier alpha value is -2.87. The van der Waals surface area contributed by atoms with Crippen molar-refractivity contribution in [2.24, 2.45) is 0 Å². The van der Waals surface area contributed by atoms with Gasteiger partial charge in [-0.25, -0.2) is 4.68 Å². The molecular weight excluding hydrogens is 454 g/mol. The molecule has 2 atom stereocenters. The number of nitrogens with zero attached hydrogens (tertiary/aromatic N) is 3. The van der Waals surface area contributed by atoms with Crippen LogP contribution in [0.4, 0.5) is 0 Å². The molecule has 3 aromatic rings. The van der Waals surface area contributed by atoms with Crippen LogP contribution < -0.4 is 9.47 Å². The van der Waals surface area contributed by atoms with E-state index in [0.29, 0.717) is 24.7 Å². The molecule has 1 aliphatic heterocycles. The first-order valence-electron chi connectivity index (χ1n) is 13.0. The molecule has 2 aromatic carbocycles. The van der Waals surface area contributed by atoms with Gasteiger partial charge in [0.25, 0.3) is 0 Å². The summed E-state index contributed by atoms with van der Waals surface area (Å²) in [6, 6.07) is 17.6. The van der Waals surface area contributed by atoms with Gasteiger partial charge in [0, 0.05) is 26.2 Å². The van der Waals surface area contributed by atoms with E-state index in [-0.39, 0.29) is 12.2 Å². The number of para-hydroxylation sites is 1. The molecule has 0 radical (unpaired) electrons. The van der Waals surface area contributed by atoms with Crippen LogP contribution in [0.15, 0.2) is 54.6 Å². The van der Waals surface area contributed by atoms with Crippen molar-refractivity contribution >= 4 is 0 Å². The molecule has 1 saturated heterocycles. The molecule has 194 valence electrons. The van der Waals surface area contributed by atoms with Gasteiger partial charge in [-0.1, -0.05) is 38.0 Å². The largest absolute Gasteiger partial charge is 0.497 e. The maximum Gasteiger partial charge on any atom is 0.227 e. The molecule has 0 amide bonds. The molecular formula is C29H39N3O4. The van der Waals surface area contributed by atoms with Crippen molar-refractivity contribution in [3.8, 4) is 23.1 Å². The van der Waals surface area contributed by atoms with Gasteiger partial charge in [-0.05, 0) is 62.6 Å². The van der Waals surface area contributed by atoms with Crippen molar-refractivity contribution in [2.75, 3.05) is 26.8 Å². The highest BCUT2D eigenvalue weighted by atomic mass is 16.5. The first-order valence-corrected chi connectivity index (χ1v) is 13.0. The van der Waals surface area contributed by atoms with Gasteiger partial charge in [-0.15, -0.1) is 0 Å². The Kier molecular flexibility index (Phi) is 9.39. The summed E-state index contributed by atoms with van der Waals surface area (Å²) in [6.45, 7) is 6.98.